The van der Waals surface area contributed by atoms with Crippen LogP contribution >= 0.6 is 11.6 Å². The molecule has 1 saturated carbocycles. The minimum absolute atomic E-state index is 0.0134. The van der Waals surface area contributed by atoms with E-state index in [9.17, 15) is 14.3 Å². The van der Waals surface area contributed by atoms with Gasteiger partial charge < -0.3 is 10.4 Å². The minimum atomic E-state index is -0.753. The van der Waals surface area contributed by atoms with E-state index in [0.717, 1.165) is 29.5 Å². The number of carboxylic acids is 1. The molecule has 0 aliphatic heterocycles. The molecular weight excluding hydrogens is 405 g/mol. The van der Waals surface area contributed by atoms with Crippen LogP contribution < -0.4 is 5.32 Å². The zero-order chi connectivity index (χ0) is 21.1. The first-order valence-electron chi connectivity index (χ1n) is 9.88. The van der Waals surface area contributed by atoms with Crippen molar-refractivity contribution in [2.75, 3.05) is 5.32 Å². The topological polar surface area (TPSA) is 75.1 Å². The predicted octanol–water partition coefficient (Wildman–Crippen LogP) is 5.66. The lowest BCUT2D eigenvalue weighted by Gasteiger charge is -2.27. The molecule has 30 heavy (non-hydrogen) atoms. The number of rotatable bonds is 5. The van der Waals surface area contributed by atoms with Crippen LogP contribution in [0.1, 0.15) is 25.7 Å². The van der Waals surface area contributed by atoms with Crippen molar-refractivity contribution in [1.29, 1.82) is 0 Å². The van der Waals surface area contributed by atoms with Crippen LogP contribution in [0.3, 0.4) is 0 Å². The Balaban J connectivity index is 1.58. The Hall–Kier alpha value is -2.99. The number of nitrogens with one attached hydrogen (secondary N) is 1. The van der Waals surface area contributed by atoms with Crippen molar-refractivity contribution in [3.05, 3.63) is 65.6 Å². The molecule has 0 radical (unpaired) electrons. The Morgan fingerprint density at radius 2 is 1.87 bits per heavy atom. The maximum atomic E-state index is 13.2. The fourth-order valence-corrected chi connectivity index (χ4v) is 4.06. The smallest absolute Gasteiger partial charge is 0.306 e. The first-order chi connectivity index (χ1) is 14.5. The summed E-state index contributed by atoms with van der Waals surface area (Å²) in [5.74, 6) is -0.942. The van der Waals surface area contributed by atoms with Crippen molar-refractivity contribution < 1.29 is 14.3 Å². The molecule has 0 bridgehead atoms. The van der Waals surface area contributed by atoms with Gasteiger partial charge in [-0.1, -0.05) is 48.4 Å². The molecule has 0 spiro atoms. The Morgan fingerprint density at radius 1 is 1.10 bits per heavy atom. The van der Waals surface area contributed by atoms with Gasteiger partial charge in [-0.15, -0.1) is 0 Å². The SMILES string of the molecule is O=C(O)[C@H]1CCC[C@@H](Nc2ncc(Cl)c(-c3cccc(-c4ccc(F)cc4)c3)n2)C1. The van der Waals surface area contributed by atoms with E-state index in [2.05, 4.69) is 15.3 Å². The minimum Gasteiger partial charge on any atom is -0.481 e. The molecule has 1 aliphatic carbocycles. The highest BCUT2D eigenvalue weighted by Gasteiger charge is 2.27. The third kappa shape index (κ3) is 4.60. The average molecular weight is 426 g/mol. The Labute approximate surface area is 179 Å². The van der Waals surface area contributed by atoms with Gasteiger partial charge in [-0.3, -0.25) is 4.79 Å². The number of hydrogen-bond acceptors (Lipinski definition) is 4. The molecule has 1 fully saturated rings. The zero-order valence-corrected chi connectivity index (χ0v) is 16.9. The van der Waals surface area contributed by atoms with E-state index < -0.39 is 5.97 Å². The van der Waals surface area contributed by atoms with Crippen molar-refractivity contribution >= 4 is 23.5 Å². The van der Waals surface area contributed by atoms with Gasteiger partial charge in [-0.05, 0) is 48.6 Å². The van der Waals surface area contributed by atoms with Crippen LogP contribution in [0.25, 0.3) is 22.4 Å². The van der Waals surface area contributed by atoms with Gasteiger partial charge in [0.15, 0.2) is 0 Å². The molecule has 2 atom stereocenters. The number of benzene rings is 2. The van der Waals surface area contributed by atoms with Gasteiger partial charge in [0, 0.05) is 11.6 Å². The fourth-order valence-electron chi connectivity index (χ4n) is 3.86. The number of aromatic nitrogens is 2. The standard InChI is InChI=1S/C23H21ClFN3O2/c24-20-13-26-23(27-19-6-2-5-17(12-19)22(29)30)28-21(20)16-4-1-3-15(11-16)14-7-9-18(25)10-8-14/h1,3-4,7-11,13,17,19H,2,5-6,12H2,(H,29,30)(H,26,27,28)/t17-,19+/m0/s1. The van der Waals surface area contributed by atoms with Crippen LogP contribution in [-0.2, 0) is 4.79 Å². The van der Waals surface area contributed by atoms with E-state index in [1.165, 1.54) is 12.1 Å². The van der Waals surface area contributed by atoms with Gasteiger partial charge in [0.25, 0.3) is 0 Å². The molecule has 0 unspecified atom stereocenters. The van der Waals surface area contributed by atoms with Gasteiger partial charge in [0.05, 0.1) is 22.8 Å². The summed E-state index contributed by atoms with van der Waals surface area (Å²) in [7, 11) is 0. The number of nitrogens with zero attached hydrogens (tertiary/aromatic N) is 2. The number of hydrogen-bond donors (Lipinski definition) is 2. The average Bonchev–Trinajstić information content (AvgIpc) is 2.76. The zero-order valence-electron chi connectivity index (χ0n) is 16.2. The highest BCUT2D eigenvalue weighted by atomic mass is 35.5. The lowest BCUT2D eigenvalue weighted by molar-refractivity contribution is -0.142. The molecule has 0 amide bonds. The molecule has 1 aromatic heterocycles. The second-order valence-electron chi connectivity index (χ2n) is 7.52. The largest absolute Gasteiger partial charge is 0.481 e. The van der Waals surface area contributed by atoms with Crippen molar-refractivity contribution in [3.8, 4) is 22.4 Å². The molecular formula is C23H21ClFN3O2. The Morgan fingerprint density at radius 3 is 2.63 bits per heavy atom. The molecule has 4 rings (SSSR count). The van der Waals surface area contributed by atoms with Crippen LogP contribution in [0.5, 0.6) is 0 Å². The van der Waals surface area contributed by atoms with Gasteiger partial charge in [0.1, 0.15) is 5.82 Å². The maximum Gasteiger partial charge on any atom is 0.306 e. The monoisotopic (exact) mass is 425 g/mol. The molecule has 1 aliphatic rings. The molecule has 2 N–H and O–H groups in total. The third-order valence-electron chi connectivity index (χ3n) is 5.41. The molecule has 2 aromatic carbocycles. The summed E-state index contributed by atoms with van der Waals surface area (Å²) < 4.78 is 13.2. The van der Waals surface area contributed by atoms with Gasteiger partial charge >= 0.3 is 5.97 Å². The highest BCUT2D eigenvalue weighted by Crippen LogP contribution is 2.31. The van der Waals surface area contributed by atoms with Crippen LogP contribution in [-0.4, -0.2) is 27.1 Å². The number of carboxylic acid groups (broad SMARTS) is 1. The van der Waals surface area contributed by atoms with E-state index in [-0.39, 0.29) is 17.8 Å². The summed E-state index contributed by atoms with van der Waals surface area (Å²) in [5.41, 5.74) is 3.22. The summed E-state index contributed by atoms with van der Waals surface area (Å²) in [6.45, 7) is 0. The molecule has 0 saturated heterocycles. The fraction of sp³-hybridized carbons (Fsp3) is 0.261. The van der Waals surface area contributed by atoms with Crippen LogP contribution in [0.4, 0.5) is 10.3 Å². The lowest BCUT2D eigenvalue weighted by Crippen LogP contribution is -2.31. The first kappa shape index (κ1) is 20.3. The summed E-state index contributed by atoms with van der Waals surface area (Å²) in [5, 5.41) is 13.0. The lowest BCUT2D eigenvalue weighted by atomic mass is 9.86. The van der Waals surface area contributed by atoms with E-state index >= 15 is 0 Å². The van der Waals surface area contributed by atoms with Crippen LogP contribution in [0, 0.1) is 11.7 Å². The van der Waals surface area contributed by atoms with Crippen LogP contribution in [0.2, 0.25) is 5.02 Å². The van der Waals surface area contributed by atoms with Gasteiger partial charge in [-0.25, -0.2) is 14.4 Å². The Bertz CT molecular complexity index is 1060. The molecule has 1 heterocycles. The van der Waals surface area contributed by atoms with Gasteiger partial charge in [-0.2, -0.15) is 0 Å². The van der Waals surface area contributed by atoms with Crippen molar-refractivity contribution in [2.24, 2.45) is 5.92 Å². The Kier molecular flexibility index (Phi) is 5.95. The normalized spacial score (nSPS) is 18.7. The number of halogens is 2. The predicted molar refractivity (Wildman–Crippen MR) is 115 cm³/mol. The molecule has 154 valence electrons. The van der Waals surface area contributed by atoms with Crippen molar-refractivity contribution in [1.82, 2.24) is 9.97 Å². The van der Waals surface area contributed by atoms with Crippen molar-refractivity contribution in [3.63, 3.8) is 0 Å². The summed E-state index contributed by atoms with van der Waals surface area (Å²) >= 11 is 6.38. The summed E-state index contributed by atoms with van der Waals surface area (Å²) in [6, 6.07) is 14.0. The van der Waals surface area contributed by atoms with Crippen molar-refractivity contribution in [2.45, 2.75) is 31.7 Å². The number of aliphatic carboxylic acids is 1. The number of carbonyl (C=O) groups is 1. The van der Waals surface area contributed by atoms with E-state index in [0.29, 0.717) is 29.5 Å². The second kappa shape index (κ2) is 8.79. The van der Waals surface area contributed by atoms with E-state index in [4.69, 9.17) is 11.6 Å². The van der Waals surface area contributed by atoms with E-state index in [1.54, 1.807) is 18.3 Å². The van der Waals surface area contributed by atoms with Gasteiger partial charge in [0.2, 0.25) is 5.95 Å². The quantitative estimate of drug-likeness (QED) is 0.551. The van der Waals surface area contributed by atoms with E-state index in [1.807, 2.05) is 24.3 Å². The maximum absolute atomic E-state index is 13.2. The third-order valence-corrected chi connectivity index (χ3v) is 5.69. The second-order valence-corrected chi connectivity index (χ2v) is 7.93. The van der Waals surface area contributed by atoms with Crippen LogP contribution in [0.15, 0.2) is 54.7 Å². The number of anilines is 1. The highest BCUT2D eigenvalue weighted by molar-refractivity contribution is 6.32. The molecule has 5 nitrogen and oxygen atoms in total. The summed E-state index contributed by atoms with van der Waals surface area (Å²) in [4.78, 5) is 20.2. The summed E-state index contributed by atoms with van der Waals surface area (Å²) in [6.07, 6.45) is 4.54. The molecule has 7 heteroatoms. The molecule has 3 aromatic rings. The first-order valence-corrected chi connectivity index (χ1v) is 10.3.